The highest BCUT2D eigenvalue weighted by Gasteiger charge is 2.55. The van der Waals surface area contributed by atoms with Crippen LogP contribution in [0.1, 0.15) is 41.0 Å². The molecule has 0 saturated heterocycles. The molecule has 2 aliphatic heterocycles. The van der Waals surface area contributed by atoms with Crippen molar-refractivity contribution in [3.8, 4) is 0 Å². The lowest BCUT2D eigenvalue weighted by atomic mass is 9.84. The Hall–Kier alpha value is -1.41. The van der Waals surface area contributed by atoms with Crippen LogP contribution < -0.4 is 0 Å². The highest BCUT2D eigenvalue weighted by Crippen LogP contribution is 2.60. The van der Waals surface area contributed by atoms with Crippen LogP contribution in [0, 0.1) is 0 Å². The van der Waals surface area contributed by atoms with Crippen molar-refractivity contribution in [2.45, 2.75) is 64.9 Å². The predicted octanol–water partition coefficient (Wildman–Crippen LogP) is 2.38. The number of aliphatic hydroxyl groups excluding tert-OH is 1. The smallest absolute Gasteiger partial charge is 0.395 e. The lowest BCUT2D eigenvalue weighted by Gasteiger charge is -2.43. The molecule has 27 heavy (non-hydrogen) atoms. The molecule has 154 valence electrons. The first-order valence-corrected chi connectivity index (χ1v) is 10.5. The van der Waals surface area contributed by atoms with E-state index < -0.39 is 37.4 Å². The van der Waals surface area contributed by atoms with Gasteiger partial charge in [-0.15, -0.1) is 0 Å². The minimum atomic E-state index is -3.71. The van der Waals surface area contributed by atoms with E-state index in [1.165, 1.54) is 13.0 Å². The summed E-state index contributed by atoms with van der Waals surface area (Å²) >= 11 is 0. The zero-order valence-corrected chi connectivity index (χ0v) is 17.2. The van der Waals surface area contributed by atoms with Gasteiger partial charge in [0.15, 0.2) is 11.5 Å². The molecule has 2 rings (SSSR count). The van der Waals surface area contributed by atoms with E-state index in [1.807, 2.05) is 0 Å². The molecule has 4 atom stereocenters. The second-order valence-corrected chi connectivity index (χ2v) is 8.40. The van der Waals surface area contributed by atoms with Gasteiger partial charge in [-0.05, 0) is 20.8 Å². The Bertz CT molecular complexity index is 653. The van der Waals surface area contributed by atoms with Crippen LogP contribution in [-0.4, -0.2) is 60.6 Å². The molecular formula is C17H28NO8P. The normalized spacial score (nSPS) is 28.4. The van der Waals surface area contributed by atoms with Crippen LogP contribution in [0.2, 0.25) is 0 Å². The topological polar surface area (TPSA) is 113 Å². The number of hydrogen-bond acceptors (Lipinski definition) is 9. The summed E-state index contributed by atoms with van der Waals surface area (Å²) in [6, 6.07) is -0.551. The van der Waals surface area contributed by atoms with Gasteiger partial charge < -0.3 is 28.4 Å². The van der Waals surface area contributed by atoms with Gasteiger partial charge in [0.05, 0.1) is 25.9 Å². The summed E-state index contributed by atoms with van der Waals surface area (Å²) in [4.78, 5) is 15.4. The van der Waals surface area contributed by atoms with Gasteiger partial charge in [0.25, 0.3) is 0 Å². The van der Waals surface area contributed by atoms with E-state index in [2.05, 4.69) is 4.99 Å². The first kappa shape index (κ1) is 21.9. The number of nitrogens with zero attached hydrogens (tertiary/aromatic N) is 1. The van der Waals surface area contributed by atoms with E-state index in [1.54, 1.807) is 27.7 Å². The average molecular weight is 405 g/mol. The van der Waals surface area contributed by atoms with Gasteiger partial charge in [0, 0.05) is 26.3 Å². The SMILES string of the molecule is CCOP(=O)(OCC)C1=C[C@H]2OC(C)=N[C@H]2[C@](C)([C@H](O)CCOC(C)=O)O1. The summed E-state index contributed by atoms with van der Waals surface area (Å²) in [6.45, 7) is 8.38. The van der Waals surface area contributed by atoms with E-state index in [0.29, 0.717) is 5.90 Å². The largest absolute Gasteiger partial charge is 0.474 e. The maximum Gasteiger partial charge on any atom is 0.395 e. The Balaban J connectivity index is 2.32. The van der Waals surface area contributed by atoms with Crippen LogP contribution in [0.4, 0.5) is 0 Å². The van der Waals surface area contributed by atoms with Crippen molar-refractivity contribution in [2.24, 2.45) is 4.99 Å². The fraction of sp³-hybridized carbons (Fsp3) is 0.765. The fourth-order valence-corrected chi connectivity index (χ4v) is 4.77. The Morgan fingerprint density at radius 1 is 1.41 bits per heavy atom. The summed E-state index contributed by atoms with van der Waals surface area (Å²) in [5, 5.41) is 10.8. The molecule has 0 spiro atoms. The van der Waals surface area contributed by atoms with E-state index >= 15 is 0 Å². The highest BCUT2D eigenvalue weighted by atomic mass is 31.2. The predicted molar refractivity (Wildman–Crippen MR) is 97.5 cm³/mol. The lowest BCUT2D eigenvalue weighted by Crippen LogP contribution is -2.56. The summed E-state index contributed by atoms with van der Waals surface area (Å²) in [5.74, 6) is -0.00204. The van der Waals surface area contributed by atoms with Crippen LogP contribution in [0.5, 0.6) is 0 Å². The van der Waals surface area contributed by atoms with Crippen molar-refractivity contribution in [3.05, 3.63) is 11.6 Å². The molecule has 0 unspecified atom stereocenters. The van der Waals surface area contributed by atoms with Gasteiger partial charge in [-0.1, -0.05) is 0 Å². The molecule has 0 fully saturated rings. The summed E-state index contributed by atoms with van der Waals surface area (Å²) < 4.78 is 40.5. The third-order valence-corrected chi connectivity index (χ3v) is 6.36. The Morgan fingerprint density at radius 2 is 2.04 bits per heavy atom. The van der Waals surface area contributed by atoms with E-state index in [0.717, 1.165) is 0 Å². The number of hydrogen-bond donors (Lipinski definition) is 1. The van der Waals surface area contributed by atoms with Crippen molar-refractivity contribution in [1.29, 1.82) is 0 Å². The van der Waals surface area contributed by atoms with Crippen LogP contribution in [-0.2, 0) is 32.6 Å². The molecule has 0 amide bonds. The van der Waals surface area contributed by atoms with Crippen molar-refractivity contribution >= 4 is 19.5 Å². The second-order valence-electron chi connectivity index (χ2n) is 6.44. The Kier molecular flexibility index (Phi) is 7.08. The van der Waals surface area contributed by atoms with E-state index in [-0.39, 0.29) is 31.7 Å². The van der Waals surface area contributed by atoms with Gasteiger partial charge in [-0.2, -0.15) is 0 Å². The van der Waals surface area contributed by atoms with Gasteiger partial charge >= 0.3 is 13.6 Å². The summed E-state index contributed by atoms with van der Waals surface area (Å²) in [5.41, 5.74) is -1.28. The third kappa shape index (κ3) is 4.71. The first-order chi connectivity index (χ1) is 12.7. The van der Waals surface area contributed by atoms with Crippen molar-refractivity contribution in [3.63, 3.8) is 0 Å². The molecular weight excluding hydrogens is 377 g/mol. The molecule has 2 aliphatic rings. The molecule has 0 saturated carbocycles. The number of rotatable bonds is 9. The number of esters is 1. The second kappa shape index (κ2) is 8.73. The molecule has 0 radical (unpaired) electrons. The number of carbonyl (C=O) groups is 1. The van der Waals surface area contributed by atoms with Gasteiger partial charge in [0.2, 0.25) is 5.50 Å². The minimum absolute atomic E-state index is 0.00798. The van der Waals surface area contributed by atoms with E-state index in [4.69, 9.17) is 23.3 Å². The monoisotopic (exact) mass is 405 g/mol. The molecule has 0 aliphatic carbocycles. The summed E-state index contributed by atoms with van der Waals surface area (Å²) in [7, 11) is -3.71. The molecule has 0 aromatic rings. The van der Waals surface area contributed by atoms with Crippen LogP contribution in [0.3, 0.4) is 0 Å². The number of aliphatic hydroxyl groups is 1. The van der Waals surface area contributed by atoms with Gasteiger partial charge in [-0.25, -0.2) is 4.99 Å². The maximum absolute atomic E-state index is 13.2. The fourth-order valence-electron chi connectivity index (χ4n) is 3.12. The Morgan fingerprint density at radius 3 is 2.59 bits per heavy atom. The zero-order valence-electron chi connectivity index (χ0n) is 16.3. The highest BCUT2D eigenvalue weighted by molar-refractivity contribution is 7.58. The van der Waals surface area contributed by atoms with Crippen LogP contribution >= 0.6 is 7.60 Å². The molecule has 1 N–H and O–H groups in total. The number of ether oxygens (including phenoxy) is 3. The zero-order chi connectivity index (χ0) is 20.2. The van der Waals surface area contributed by atoms with Crippen molar-refractivity contribution < 1.29 is 37.7 Å². The average Bonchev–Trinajstić information content (AvgIpc) is 2.96. The third-order valence-electron chi connectivity index (χ3n) is 4.38. The molecule has 10 heteroatoms. The van der Waals surface area contributed by atoms with E-state index in [9.17, 15) is 14.5 Å². The van der Waals surface area contributed by atoms with Gasteiger partial charge in [-0.3, -0.25) is 9.36 Å². The van der Waals surface area contributed by atoms with Crippen LogP contribution in [0.15, 0.2) is 16.6 Å². The standard InChI is InChI=1S/C17H28NO8P/c1-6-23-27(21,24-7-2)15-10-13-16(18-11(3)25-13)17(5,26-15)14(20)8-9-22-12(4)19/h10,13-14,16,20H,6-9H2,1-5H3/t13-,14-,16-,17+/m1/s1. The number of aliphatic imine (C=N–C) groups is 1. The van der Waals surface area contributed by atoms with Gasteiger partial charge in [0.1, 0.15) is 12.1 Å². The molecule has 0 aromatic heterocycles. The lowest BCUT2D eigenvalue weighted by molar-refractivity contribution is -0.145. The quantitative estimate of drug-likeness (QED) is 0.460. The molecule has 0 aromatic carbocycles. The number of fused-ring (bicyclic) bond motifs is 1. The molecule has 0 bridgehead atoms. The molecule has 2 heterocycles. The number of carbonyl (C=O) groups excluding carboxylic acids is 1. The maximum atomic E-state index is 13.2. The minimum Gasteiger partial charge on any atom is -0.474 e. The summed E-state index contributed by atoms with van der Waals surface area (Å²) in [6.07, 6.45) is 0.0193. The molecule has 9 nitrogen and oxygen atoms in total. The van der Waals surface area contributed by atoms with Crippen LogP contribution in [0.25, 0.3) is 0 Å². The van der Waals surface area contributed by atoms with Crippen molar-refractivity contribution in [1.82, 2.24) is 0 Å². The first-order valence-electron chi connectivity index (χ1n) is 8.99. The van der Waals surface area contributed by atoms with Crippen molar-refractivity contribution in [2.75, 3.05) is 19.8 Å². The Labute approximate surface area is 159 Å².